The highest BCUT2D eigenvalue weighted by atomic mass is 31.2. The zero-order chi connectivity index (χ0) is 21.6. The van der Waals surface area contributed by atoms with Gasteiger partial charge in [0.15, 0.2) is 0 Å². The molecule has 0 aromatic carbocycles. The van der Waals surface area contributed by atoms with Crippen LogP contribution in [0.3, 0.4) is 0 Å². The summed E-state index contributed by atoms with van der Waals surface area (Å²) in [6.45, 7) is 15.6. The van der Waals surface area contributed by atoms with Crippen molar-refractivity contribution < 1.29 is 23.6 Å². The van der Waals surface area contributed by atoms with E-state index in [0.717, 1.165) is 0 Å². The summed E-state index contributed by atoms with van der Waals surface area (Å²) in [7, 11) is -3.56. The van der Waals surface area contributed by atoms with Gasteiger partial charge in [0.2, 0.25) is 0 Å². The van der Waals surface area contributed by atoms with E-state index in [0.29, 0.717) is 5.69 Å². The Hall–Kier alpha value is -0.820. The normalized spacial score (nSPS) is 15.6. The first-order chi connectivity index (χ1) is 12.9. The Bertz CT molecular complexity index is 618. The third-order valence-electron chi connectivity index (χ3n) is 4.00. The highest BCUT2D eigenvalue weighted by molar-refractivity contribution is 7.54. The molecule has 0 aliphatic rings. The van der Waals surface area contributed by atoms with Gasteiger partial charge in [0.25, 0.3) is 0 Å². The third-order valence-corrected chi connectivity index (χ3v) is 6.82. The number of hydroxylamine groups is 2. The Kier molecular flexibility index (Phi) is 9.26. The molecule has 1 N–H and O–H groups in total. The molecule has 2 atom stereocenters. The monoisotopic (exact) mass is 416 g/mol. The molecule has 0 bridgehead atoms. The molecule has 0 spiro atoms. The number of hydrogen-bond donors (Lipinski definition) is 1. The van der Waals surface area contributed by atoms with Crippen LogP contribution in [0, 0.1) is 5.41 Å². The predicted octanol–water partition coefficient (Wildman–Crippen LogP) is 4.79. The van der Waals surface area contributed by atoms with Crippen LogP contribution in [0.2, 0.25) is 0 Å². The highest BCUT2D eigenvalue weighted by Gasteiger charge is 2.51. The second-order valence-electron chi connectivity index (χ2n) is 8.64. The summed E-state index contributed by atoms with van der Waals surface area (Å²) in [5.74, 6) is -0.697. The molecular formula is C20H37N2O5P. The van der Waals surface area contributed by atoms with Crippen molar-refractivity contribution in [3.63, 3.8) is 0 Å². The molecule has 28 heavy (non-hydrogen) atoms. The van der Waals surface area contributed by atoms with Gasteiger partial charge in [-0.05, 0) is 52.2 Å². The summed E-state index contributed by atoms with van der Waals surface area (Å²) in [6, 6.07) is 5.43. The van der Waals surface area contributed by atoms with E-state index in [4.69, 9.17) is 13.9 Å². The lowest BCUT2D eigenvalue weighted by Gasteiger charge is -2.48. The van der Waals surface area contributed by atoms with Gasteiger partial charge in [-0.15, -0.1) is 0 Å². The van der Waals surface area contributed by atoms with E-state index in [1.807, 2.05) is 47.6 Å². The van der Waals surface area contributed by atoms with Crippen molar-refractivity contribution >= 4 is 7.60 Å². The minimum Gasteiger partial charge on any atom is -0.393 e. The van der Waals surface area contributed by atoms with Gasteiger partial charge in [0, 0.05) is 11.7 Å². The summed E-state index contributed by atoms with van der Waals surface area (Å²) >= 11 is 0. The van der Waals surface area contributed by atoms with E-state index in [1.54, 1.807) is 37.2 Å². The minimum atomic E-state index is -3.56. The second-order valence-corrected chi connectivity index (χ2v) is 10.7. The van der Waals surface area contributed by atoms with Crippen LogP contribution in [-0.2, 0) is 18.5 Å². The van der Waals surface area contributed by atoms with Crippen LogP contribution in [0.5, 0.6) is 0 Å². The molecule has 8 heteroatoms. The molecule has 0 aliphatic heterocycles. The summed E-state index contributed by atoms with van der Waals surface area (Å²) < 4.78 is 25.2. The van der Waals surface area contributed by atoms with Crippen molar-refractivity contribution in [1.29, 1.82) is 0 Å². The Balaban J connectivity index is 3.45. The molecule has 1 rings (SSSR count). The lowest BCUT2D eigenvalue weighted by atomic mass is 9.94. The number of pyridine rings is 1. The number of aliphatic hydroxyl groups is 1. The predicted molar refractivity (Wildman–Crippen MR) is 111 cm³/mol. The zero-order valence-corrected chi connectivity index (χ0v) is 19.4. The van der Waals surface area contributed by atoms with E-state index >= 15 is 0 Å². The van der Waals surface area contributed by atoms with Gasteiger partial charge in [-0.25, -0.2) is 0 Å². The quantitative estimate of drug-likeness (QED) is 0.434. The molecule has 0 saturated carbocycles. The van der Waals surface area contributed by atoms with Crippen molar-refractivity contribution in [2.75, 3.05) is 19.8 Å². The van der Waals surface area contributed by atoms with Gasteiger partial charge in [-0.1, -0.05) is 26.8 Å². The SMILES string of the molecule is CCOP(=O)(OCC)[C@H](N(O[C@@H](CO)c1ccccn1)C(C)(C)C)C(C)(C)C. The maximum Gasteiger partial charge on any atom is 0.350 e. The van der Waals surface area contributed by atoms with Crippen LogP contribution in [-0.4, -0.2) is 46.3 Å². The minimum absolute atomic E-state index is 0.255. The van der Waals surface area contributed by atoms with Gasteiger partial charge < -0.3 is 14.2 Å². The van der Waals surface area contributed by atoms with Crippen LogP contribution in [0.15, 0.2) is 24.4 Å². The Labute approximate surface area is 169 Å². The maximum absolute atomic E-state index is 13.8. The highest BCUT2D eigenvalue weighted by Crippen LogP contribution is 2.61. The fourth-order valence-corrected chi connectivity index (χ4v) is 5.64. The van der Waals surface area contributed by atoms with E-state index in [9.17, 15) is 9.67 Å². The molecule has 1 aromatic heterocycles. The van der Waals surface area contributed by atoms with Crippen molar-refractivity contribution in [1.82, 2.24) is 10.0 Å². The fourth-order valence-electron chi connectivity index (χ4n) is 2.96. The summed E-state index contributed by atoms with van der Waals surface area (Å²) in [5.41, 5.74) is -0.462. The standard InChI is InChI=1S/C20H37N2O5P/c1-9-25-28(24,26-10-2)18(19(3,4)5)22(20(6,7)8)27-17(15-23)16-13-11-12-14-21-16/h11-14,17-18,23H,9-10,15H2,1-8H3/t17-,18-/m0/s1. The van der Waals surface area contributed by atoms with E-state index in [-0.39, 0.29) is 19.8 Å². The van der Waals surface area contributed by atoms with Crippen LogP contribution in [0.1, 0.15) is 67.2 Å². The van der Waals surface area contributed by atoms with Crippen molar-refractivity contribution in [2.24, 2.45) is 5.41 Å². The first kappa shape index (κ1) is 25.2. The summed E-state index contributed by atoms with van der Waals surface area (Å²) in [4.78, 5) is 10.6. The zero-order valence-electron chi connectivity index (χ0n) is 18.5. The van der Waals surface area contributed by atoms with Gasteiger partial charge >= 0.3 is 7.60 Å². The average Bonchev–Trinajstić information content (AvgIpc) is 2.57. The first-order valence-corrected chi connectivity index (χ1v) is 11.4. The molecule has 1 heterocycles. The molecule has 0 saturated heterocycles. The Morgan fingerprint density at radius 2 is 1.68 bits per heavy atom. The Morgan fingerprint density at radius 1 is 1.11 bits per heavy atom. The molecule has 7 nitrogen and oxygen atoms in total. The molecule has 0 radical (unpaired) electrons. The van der Waals surface area contributed by atoms with Crippen molar-refractivity contribution in [3.8, 4) is 0 Å². The van der Waals surface area contributed by atoms with Crippen molar-refractivity contribution in [2.45, 2.75) is 72.8 Å². The molecule has 0 aliphatic carbocycles. The van der Waals surface area contributed by atoms with Crippen molar-refractivity contribution in [3.05, 3.63) is 30.1 Å². The molecule has 0 fully saturated rings. The lowest BCUT2D eigenvalue weighted by Crippen LogP contribution is -2.54. The molecule has 0 unspecified atom stereocenters. The van der Waals surface area contributed by atoms with Crippen LogP contribution in [0.25, 0.3) is 0 Å². The molecule has 1 aromatic rings. The van der Waals surface area contributed by atoms with E-state index in [2.05, 4.69) is 4.98 Å². The number of rotatable bonds is 10. The average molecular weight is 416 g/mol. The van der Waals surface area contributed by atoms with Gasteiger partial charge in [-0.3, -0.25) is 14.4 Å². The van der Waals surface area contributed by atoms with Gasteiger partial charge in [0.1, 0.15) is 11.9 Å². The maximum atomic E-state index is 13.8. The Morgan fingerprint density at radius 3 is 2.04 bits per heavy atom. The topological polar surface area (TPSA) is 81.1 Å². The molecular weight excluding hydrogens is 379 g/mol. The third kappa shape index (κ3) is 6.61. The summed E-state index contributed by atoms with van der Waals surface area (Å²) in [6.07, 6.45) is 0.942. The first-order valence-electron chi connectivity index (χ1n) is 9.77. The number of aliphatic hydroxyl groups excluding tert-OH is 1. The van der Waals surface area contributed by atoms with E-state index < -0.39 is 30.4 Å². The number of aromatic nitrogens is 1. The van der Waals surface area contributed by atoms with Gasteiger partial charge in [-0.2, -0.15) is 5.06 Å². The smallest absolute Gasteiger partial charge is 0.350 e. The van der Waals surface area contributed by atoms with Crippen LogP contribution in [0.4, 0.5) is 0 Å². The van der Waals surface area contributed by atoms with Gasteiger partial charge in [0.05, 0.1) is 25.5 Å². The second kappa shape index (κ2) is 10.3. The van der Waals surface area contributed by atoms with E-state index in [1.165, 1.54) is 0 Å². The summed E-state index contributed by atoms with van der Waals surface area (Å²) in [5, 5.41) is 11.6. The van der Waals surface area contributed by atoms with Crippen LogP contribution < -0.4 is 0 Å². The lowest BCUT2D eigenvalue weighted by molar-refractivity contribution is -0.274. The molecule has 162 valence electrons. The largest absolute Gasteiger partial charge is 0.393 e. The number of hydrogen-bond acceptors (Lipinski definition) is 7. The van der Waals surface area contributed by atoms with Crippen LogP contribution >= 0.6 is 7.60 Å². The fraction of sp³-hybridized carbons (Fsp3) is 0.750. The number of nitrogens with zero attached hydrogens (tertiary/aromatic N) is 2. The molecule has 0 amide bonds.